The van der Waals surface area contributed by atoms with Crippen LogP contribution in [0.1, 0.15) is 10.5 Å². The Morgan fingerprint density at radius 3 is 2.57 bits per heavy atom. The first-order valence-corrected chi connectivity index (χ1v) is 6.69. The molecule has 2 aromatic heterocycles. The molecule has 0 spiro atoms. The number of anilines is 2. The van der Waals surface area contributed by atoms with Crippen molar-refractivity contribution < 1.29 is 18.3 Å². The van der Waals surface area contributed by atoms with Gasteiger partial charge in [-0.25, -0.2) is 19.2 Å². The normalized spacial score (nSPS) is 10.3. The third-order valence-electron chi connectivity index (χ3n) is 3.04. The second-order valence-corrected chi connectivity index (χ2v) is 4.59. The summed E-state index contributed by atoms with van der Waals surface area (Å²) in [5.41, 5.74) is 1.52. The van der Waals surface area contributed by atoms with Crippen molar-refractivity contribution in [2.24, 2.45) is 0 Å². The van der Waals surface area contributed by atoms with E-state index in [1.807, 2.05) is 0 Å². The summed E-state index contributed by atoms with van der Waals surface area (Å²) in [4.78, 5) is 19.4. The second-order valence-electron chi connectivity index (χ2n) is 4.59. The molecule has 3 rings (SSSR count). The third-order valence-corrected chi connectivity index (χ3v) is 3.04. The lowest BCUT2D eigenvalue weighted by molar-refractivity contribution is 0.0594. The number of oxazole rings is 1. The lowest BCUT2D eigenvalue weighted by Gasteiger charge is -2.02. The van der Waals surface area contributed by atoms with Crippen LogP contribution in [0.3, 0.4) is 0 Å². The average Bonchev–Trinajstić information content (AvgIpc) is 3.04. The Morgan fingerprint density at radius 1 is 1.13 bits per heavy atom. The van der Waals surface area contributed by atoms with E-state index in [1.54, 1.807) is 18.2 Å². The Bertz CT molecular complexity index is 813. The predicted molar refractivity (Wildman–Crippen MR) is 80.8 cm³/mol. The molecular formula is C16H12FN3O3. The highest BCUT2D eigenvalue weighted by Gasteiger charge is 2.09. The van der Waals surface area contributed by atoms with Crippen LogP contribution in [0.5, 0.6) is 0 Å². The fourth-order valence-electron chi connectivity index (χ4n) is 1.90. The minimum Gasteiger partial charge on any atom is -0.464 e. The summed E-state index contributed by atoms with van der Waals surface area (Å²) in [7, 11) is 1.29. The first-order chi connectivity index (χ1) is 11.2. The Kier molecular flexibility index (Phi) is 4.01. The van der Waals surface area contributed by atoms with Gasteiger partial charge in [0.2, 0.25) is 0 Å². The highest BCUT2D eigenvalue weighted by Crippen LogP contribution is 2.24. The third kappa shape index (κ3) is 3.34. The van der Waals surface area contributed by atoms with Crippen LogP contribution < -0.4 is 5.32 Å². The van der Waals surface area contributed by atoms with E-state index in [4.69, 9.17) is 4.42 Å². The Hall–Kier alpha value is -3.22. The number of carbonyl (C=O) groups excluding carboxylic acids is 1. The average molecular weight is 313 g/mol. The van der Waals surface area contributed by atoms with Crippen LogP contribution in [-0.2, 0) is 4.74 Å². The molecule has 0 fully saturated rings. The number of hydrogen-bond donors (Lipinski definition) is 1. The zero-order chi connectivity index (χ0) is 16.2. The van der Waals surface area contributed by atoms with Crippen molar-refractivity contribution in [1.82, 2.24) is 9.97 Å². The monoisotopic (exact) mass is 313 g/mol. The number of nitrogens with one attached hydrogen (secondary N) is 1. The molecule has 0 radical (unpaired) electrons. The van der Waals surface area contributed by atoms with Gasteiger partial charge in [0.05, 0.1) is 25.2 Å². The lowest BCUT2D eigenvalue weighted by atomic mass is 10.2. The zero-order valence-corrected chi connectivity index (χ0v) is 12.1. The summed E-state index contributed by atoms with van der Waals surface area (Å²) in [5, 5.41) is 2.92. The van der Waals surface area contributed by atoms with E-state index < -0.39 is 5.97 Å². The topological polar surface area (TPSA) is 77.2 Å². The van der Waals surface area contributed by atoms with Crippen molar-refractivity contribution in [2.75, 3.05) is 12.4 Å². The number of methoxy groups -OCH3 is 1. The summed E-state index contributed by atoms with van der Waals surface area (Å²) in [5.74, 6) is -0.318. The zero-order valence-electron chi connectivity index (χ0n) is 12.1. The number of carbonyl (C=O) groups is 1. The first kappa shape index (κ1) is 14.7. The summed E-state index contributed by atoms with van der Waals surface area (Å²) >= 11 is 0. The van der Waals surface area contributed by atoms with E-state index in [-0.39, 0.29) is 17.5 Å². The van der Waals surface area contributed by atoms with Crippen LogP contribution >= 0.6 is 0 Å². The number of rotatable bonds is 4. The van der Waals surface area contributed by atoms with Gasteiger partial charge >= 0.3 is 5.97 Å². The largest absolute Gasteiger partial charge is 0.464 e. The molecule has 3 aromatic rings. The highest BCUT2D eigenvalue weighted by atomic mass is 19.1. The first-order valence-electron chi connectivity index (χ1n) is 6.69. The molecule has 6 nitrogen and oxygen atoms in total. The maximum atomic E-state index is 12.9. The quantitative estimate of drug-likeness (QED) is 0.744. The van der Waals surface area contributed by atoms with E-state index in [2.05, 4.69) is 20.0 Å². The molecule has 0 saturated heterocycles. The second kappa shape index (κ2) is 6.27. The molecule has 2 heterocycles. The number of esters is 1. The van der Waals surface area contributed by atoms with Gasteiger partial charge in [-0.1, -0.05) is 0 Å². The van der Waals surface area contributed by atoms with Gasteiger partial charge in [0, 0.05) is 5.56 Å². The molecule has 0 atom stereocenters. The number of pyridine rings is 1. The number of benzene rings is 1. The Balaban J connectivity index is 1.74. The molecule has 23 heavy (non-hydrogen) atoms. The van der Waals surface area contributed by atoms with Crippen LogP contribution in [-0.4, -0.2) is 23.0 Å². The van der Waals surface area contributed by atoms with E-state index in [1.165, 1.54) is 37.7 Å². The van der Waals surface area contributed by atoms with E-state index in [9.17, 15) is 9.18 Å². The highest BCUT2D eigenvalue weighted by molar-refractivity contribution is 5.87. The molecule has 116 valence electrons. The molecular weight excluding hydrogens is 301 g/mol. The molecule has 0 aliphatic carbocycles. The van der Waals surface area contributed by atoms with Gasteiger partial charge in [0.15, 0.2) is 5.76 Å². The molecule has 0 aliphatic heterocycles. The van der Waals surface area contributed by atoms with Crippen molar-refractivity contribution in [1.29, 1.82) is 0 Å². The number of ether oxygens (including phenoxy) is 1. The maximum Gasteiger partial charge on any atom is 0.356 e. The van der Waals surface area contributed by atoms with Crippen molar-refractivity contribution in [2.45, 2.75) is 0 Å². The van der Waals surface area contributed by atoms with Gasteiger partial charge in [-0.05, 0) is 36.4 Å². The number of hydrogen-bond acceptors (Lipinski definition) is 6. The number of halogens is 1. The smallest absolute Gasteiger partial charge is 0.356 e. The fourth-order valence-corrected chi connectivity index (χ4v) is 1.90. The van der Waals surface area contributed by atoms with Crippen LogP contribution in [0.4, 0.5) is 16.1 Å². The molecule has 1 N–H and O–H groups in total. The molecule has 0 amide bonds. The molecule has 0 saturated carbocycles. The van der Waals surface area contributed by atoms with Crippen molar-refractivity contribution in [3.8, 4) is 11.3 Å². The van der Waals surface area contributed by atoms with Gasteiger partial charge in [-0.15, -0.1) is 0 Å². The minimum absolute atomic E-state index is 0.206. The van der Waals surface area contributed by atoms with Gasteiger partial charge < -0.3 is 14.5 Å². The van der Waals surface area contributed by atoms with Gasteiger partial charge in [0.1, 0.15) is 11.5 Å². The molecule has 7 heteroatoms. The van der Waals surface area contributed by atoms with Crippen molar-refractivity contribution >= 4 is 17.7 Å². The van der Waals surface area contributed by atoms with Gasteiger partial charge in [-0.3, -0.25) is 0 Å². The minimum atomic E-state index is -0.508. The molecule has 0 unspecified atom stereocenters. The van der Waals surface area contributed by atoms with E-state index in [0.29, 0.717) is 17.0 Å². The van der Waals surface area contributed by atoms with Crippen molar-refractivity contribution in [3.05, 3.63) is 60.3 Å². The summed E-state index contributed by atoms with van der Waals surface area (Å²) in [6, 6.07) is 9.34. The summed E-state index contributed by atoms with van der Waals surface area (Å²) in [6.07, 6.45) is 3.00. The Labute approximate surface area is 130 Å². The lowest BCUT2D eigenvalue weighted by Crippen LogP contribution is -2.04. The summed E-state index contributed by atoms with van der Waals surface area (Å²) < 4.78 is 23.0. The standard InChI is InChI=1S/C16H12FN3O3/c1-22-15(21)13-7-6-12(8-18-13)20-16-19-9-14(23-16)10-2-4-11(17)5-3-10/h2-9H,1H3,(H,19,20). The molecule has 1 aromatic carbocycles. The number of nitrogens with zero attached hydrogens (tertiary/aromatic N) is 2. The molecule has 0 aliphatic rings. The molecule has 0 bridgehead atoms. The fraction of sp³-hybridized carbons (Fsp3) is 0.0625. The van der Waals surface area contributed by atoms with Crippen LogP contribution in [0.25, 0.3) is 11.3 Å². The van der Waals surface area contributed by atoms with Crippen LogP contribution in [0, 0.1) is 5.82 Å². The van der Waals surface area contributed by atoms with E-state index >= 15 is 0 Å². The van der Waals surface area contributed by atoms with E-state index in [0.717, 1.165) is 0 Å². The summed E-state index contributed by atoms with van der Waals surface area (Å²) in [6.45, 7) is 0. The SMILES string of the molecule is COC(=O)c1ccc(Nc2ncc(-c3ccc(F)cc3)o2)cn1. The predicted octanol–water partition coefficient (Wildman–Crippen LogP) is 3.41. The number of aromatic nitrogens is 2. The Morgan fingerprint density at radius 2 is 1.91 bits per heavy atom. The van der Waals surface area contributed by atoms with Gasteiger partial charge in [-0.2, -0.15) is 0 Å². The van der Waals surface area contributed by atoms with Gasteiger partial charge in [0.25, 0.3) is 6.01 Å². The van der Waals surface area contributed by atoms with Crippen LogP contribution in [0.15, 0.2) is 53.2 Å². The van der Waals surface area contributed by atoms with Crippen LogP contribution in [0.2, 0.25) is 0 Å². The maximum absolute atomic E-state index is 12.9. The van der Waals surface area contributed by atoms with Crippen molar-refractivity contribution in [3.63, 3.8) is 0 Å².